The van der Waals surface area contributed by atoms with Gasteiger partial charge in [0.2, 0.25) is 0 Å². The van der Waals surface area contributed by atoms with Gasteiger partial charge in [0.25, 0.3) is 5.91 Å². The molecule has 1 N–H and O–H groups in total. The third-order valence-electron chi connectivity index (χ3n) is 3.26. The molecule has 0 aliphatic carbocycles. The Kier molecular flexibility index (Phi) is 4.64. The molecule has 0 aromatic heterocycles. The molecule has 0 spiro atoms. The quantitative estimate of drug-likeness (QED) is 0.941. The molecule has 1 amide bonds. The molecular weight excluding hydrogens is 280 g/mol. The van der Waals surface area contributed by atoms with Crippen molar-refractivity contribution in [3.05, 3.63) is 53.1 Å². The highest BCUT2D eigenvalue weighted by atomic mass is 16.5. The van der Waals surface area contributed by atoms with Crippen LogP contribution in [-0.2, 0) is 0 Å². The summed E-state index contributed by atoms with van der Waals surface area (Å²) in [5.74, 6) is 0.859. The van der Waals surface area contributed by atoms with Crippen LogP contribution in [0.5, 0.6) is 11.5 Å². The summed E-state index contributed by atoms with van der Waals surface area (Å²) in [7, 11) is 3.08. The number of rotatable bonds is 4. The lowest BCUT2D eigenvalue weighted by Gasteiger charge is -2.12. The maximum absolute atomic E-state index is 12.4. The van der Waals surface area contributed by atoms with Gasteiger partial charge in [-0.05, 0) is 37.3 Å². The fourth-order valence-electron chi connectivity index (χ4n) is 2.09. The van der Waals surface area contributed by atoms with Crippen LogP contribution >= 0.6 is 0 Å². The zero-order chi connectivity index (χ0) is 16.1. The molecule has 22 heavy (non-hydrogen) atoms. The summed E-state index contributed by atoms with van der Waals surface area (Å²) in [4.78, 5) is 12.4. The number of nitrogens with zero attached hydrogens (tertiary/aromatic N) is 1. The molecule has 0 aliphatic heterocycles. The topological polar surface area (TPSA) is 71.3 Å². The molecular formula is C17H16N2O3. The number of nitrogens with one attached hydrogen (secondary N) is 1. The van der Waals surface area contributed by atoms with E-state index < -0.39 is 0 Å². The Hall–Kier alpha value is -3.00. The summed E-state index contributed by atoms with van der Waals surface area (Å²) in [6, 6.07) is 12.1. The van der Waals surface area contributed by atoms with Gasteiger partial charge in [-0.25, -0.2) is 0 Å². The van der Waals surface area contributed by atoms with Crippen LogP contribution in [0.15, 0.2) is 36.4 Å². The summed E-state index contributed by atoms with van der Waals surface area (Å²) in [6.07, 6.45) is 0. The molecule has 2 rings (SSSR count). The van der Waals surface area contributed by atoms with E-state index in [2.05, 4.69) is 5.32 Å². The highest BCUT2D eigenvalue weighted by Gasteiger charge is 2.14. The Balaban J connectivity index is 2.31. The van der Waals surface area contributed by atoms with Crippen LogP contribution in [0.25, 0.3) is 0 Å². The van der Waals surface area contributed by atoms with Gasteiger partial charge in [-0.1, -0.05) is 6.07 Å². The monoisotopic (exact) mass is 296 g/mol. The number of hydrogen-bond acceptors (Lipinski definition) is 4. The van der Waals surface area contributed by atoms with E-state index in [1.165, 1.54) is 0 Å². The van der Waals surface area contributed by atoms with Gasteiger partial charge in [0.05, 0.1) is 25.9 Å². The maximum Gasteiger partial charge on any atom is 0.255 e. The van der Waals surface area contributed by atoms with E-state index >= 15 is 0 Å². The molecule has 0 aliphatic rings. The van der Waals surface area contributed by atoms with Gasteiger partial charge in [-0.2, -0.15) is 5.26 Å². The molecule has 0 saturated carbocycles. The normalized spacial score (nSPS) is 9.73. The van der Waals surface area contributed by atoms with E-state index in [4.69, 9.17) is 14.7 Å². The molecule has 0 heterocycles. The van der Waals surface area contributed by atoms with E-state index in [0.29, 0.717) is 28.3 Å². The lowest BCUT2D eigenvalue weighted by Crippen LogP contribution is -2.12. The van der Waals surface area contributed by atoms with Gasteiger partial charge in [0.1, 0.15) is 11.5 Å². The number of carbonyl (C=O) groups excluding carboxylic acids is 1. The Morgan fingerprint density at radius 3 is 2.32 bits per heavy atom. The van der Waals surface area contributed by atoms with E-state index in [1.54, 1.807) is 50.6 Å². The second-order valence-electron chi connectivity index (χ2n) is 4.65. The van der Waals surface area contributed by atoms with Crippen LogP contribution in [0.1, 0.15) is 21.5 Å². The van der Waals surface area contributed by atoms with Crippen molar-refractivity contribution in [2.45, 2.75) is 6.92 Å². The molecule has 0 radical (unpaired) electrons. The van der Waals surface area contributed by atoms with E-state index in [9.17, 15) is 4.79 Å². The highest BCUT2D eigenvalue weighted by molar-refractivity contribution is 6.05. The minimum atomic E-state index is -0.299. The molecule has 2 aromatic carbocycles. The number of ether oxygens (including phenoxy) is 2. The average molecular weight is 296 g/mol. The van der Waals surface area contributed by atoms with Gasteiger partial charge in [-0.15, -0.1) is 0 Å². The Morgan fingerprint density at radius 2 is 1.77 bits per heavy atom. The number of amides is 1. The van der Waals surface area contributed by atoms with Crippen LogP contribution in [-0.4, -0.2) is 20.1 Å². The van der Waals surface area contributed by atoms with Crippen molar-refractivity contribution in [1.82, 2.24) is 0 Å². The second-order valence-corrected chi connectivity index (χ2v) is 4.65. The molecule has 112 valence electrons. The van der Waals surface area contributed by atoms with Crippen molar-refractivity contribution >= 4 is 11.6 Å². The Labute approximate surface area is 129 Å². The average Bonchev–Trinajstić information content (AvgIpc) is 2.55. The third kappa shape index (κ3) is 3.18. The highest BCUT2D eigenvalue weighted by Crippen LogP contribution is 2.29. The van der Waals surface area contributed by atoms with Gasteiger partial charge in [-0.3, -0.25) is 4.79 Å². The Morgan fingerprint density at radius 1 is 1.14 bits per heavy atom. The van der Waals surface area contributed by atoms with Gasteiger partial charge >= 0.3 is 0 Å². The predicted molar refractivity (Wildman–Crippen MR) is 83.4 cm³/mol. The van der Waals surface area contributed by atoms with E-state index in [-0.39, 0.29) is 5.91 Å². The van der Waals surface area contributed by atoms with E-state index in [0.717, 1.165) is 5.56 Å². The van der Waals surface area contributed by atoms with Crippen LogP contribution in [0.4, 0.5) is 5.69 Å². The zero-order valence-corrected chi connectivity index (χ0v) is 12.6. The molecule has 2 aromatic rings. The third-order valence-corrected chi connectivity index (χ3v) is 3.26. The van der Waals surface area contributed by atoms with Gasteiger partial charge < -0.3 is 14.8 Å². The smallest absolute Gasteiger partial charge is 0.255 e. The van der Waals surface area contributed by atoms with E-state index in [1.807, 2.05) is 13.0 Å². The molecule has 0 saturated heterocycles. The number of benzene rings is 2. The number of methoxy groups -OCH3 is 2. The van der Waals surface area contributed by atoms with Crippen molar-refractivity contribution in [2.24, 2.45) is 0 Å². The summed E-state index contributed by atoms with van der Waals surface area (Å²) in [5, 5.41) is 11.6. The fraction of sp³-hybridized carbons (Fsp3) is 0.176. The predicted octanol–water partition coefficient (Wildman–Crippen LogP) is 3.14. The van der Waals surface area contributed by atoms with Crippen LogP contribution in [0, 0.1) is 18.3 Å². The van der Waals surface area contributed by atoms with Crippen LogP contribution < -0.4 is 14.8 Å². The standard InChI is InChI=1S/C17H16N2O3/c1-11-15(21-2)8-13(9-16(11)22-3)17(20)19-14-6-4-5-12(7-14)10-18/h4-9H,1-3H3,(H,19,20). The lowest BCUT2D eigenvalue weighted by molar-refractivity contribution is 0.102. The lowest BCUT2D eigenvalue weighted by atomic mass is 10.1. The second kappa shape index (κ2) is 6.64. The first-order valence-corrected chi connectivity index (χ1v) is 6.63. The first-order valence-electron chi connectivity index (χ1n) is 6.63. The molecule has 5 heteroatoms. The number of anilines is 1. The van der Waals surface area contributed by atoms with Crippen molar-refractivity contribution in [3.63, 3.8) is 0 Å². The van der Waals surface area contributed by atoms with Crippen LogP contribution in [0.2, 0.25) is 0 Å². The Bertz CT molecular complexity index is 723. The number of nitriles is 1. The zero-order valence-electron chi connectivity index (χ0n) is 12.6. The summed E-state index contributed by atoms with van der Waals surface area (Å²) >= 11 is 0. The van der Waals surface area contributed by atoms with Crippen molar-refractivity contribution in [2.75, 3.05) is 19.5 Å². The summed E-state index contributed by atoms with van der Waals surface area (Å²) in [5.41, 5.74) is 2.29. The van der Waals surface area contributed by atoms with Gasteiger partial charge in [0.15, 0.2) is 0 Å². The number of carbonyl (C=O) groups is 1. The maximum atomic E-state index is 12.4. The molecule has 0 bridgehead atoms. The SMILES string of the molecule is COc1cc(C(=O)Nc2cccc(C#N)c2)cc(OC)c1C. The largest absolute Gasteiger partial charge is 0.496 e. The summed E-state index contributed by atoms with van der Waals surface area (Å²) < 4.78 is 10.5. The van der Waals surface area contributed by atoms with Crippen molar-refractivity contribution in [3.8, 4) is 17.6 Å². The van der Waals surface area contributed by atoms with Crippen LogP contribution in [0.3, 0.4) is 0 Å². The first kappa shape index (κ1) is 15.4. The fourth-order valence-corrected chi connectivity index (χ4v) is 2.09. The first-order chi connectivity index (χ1) is 10.6. The molecule has 0 atom stereocenters. The summed E-state index contributed by atoms with van der Waals surface area (Å²) in [6.45, 7) is 1.86. The van der Waals surface area contributed by atoms with Gasteiger partial charge in [0, 0.05) is 16.8 Å². The number of hydrogen-bond donors (Lipinski definition) is 1. The minimum Gasteiger partial charge on any atom is -0.496 e. The van der Waals surface area contributed by atoms with Crippen molar-refractivity contribution in [1.29, 1.82) is 5.26 Å². The molecule has 5 nitrogen and oxygen atoms in total. The molecule has 0 fully saturated rings. The van der Waals surface area contributed by atoms with Crippen molar-refractivity contribution < 1.29 is 14.3 Å². The molecule has 0 unspecified atom stereocenters. The minimum absolute atomic E-state index is 0.299.